The number of carbonyl (C=O) groups is 1. The van der Waals surface area contributed by atoms with Crippen LogP contribution in [-0.4, -0.2) is 23.2 Å². The summed E-state index contributed by atoms with van der Waals surface area (Å²) in [6.07, 6.45) is 0. The zero-order valence-electron chi connectivity index (χ0n) is 13.2. The number of hydrogen-bond acceptors (Lipinski definition) is 3. The SMILES string of the molecule is COc1cccc(-c2cc(C(=O)Nc3c(F)c(F)cc(F)c3F)[nH]n2)c1. The van der Waals surface area contributed by atoms with Crippen molar-refractivity contribution in [1.82, 2.24) is 10.2 Å². The minimum atomic E-state index is -1.70. The number of anilines is 1. The van der Waals surface area contributed by atoms with Crippen LogP contribution in [0.4, 0.5) is 23.2 Å². The minimum Gasteiger partial charge on any atom is -0.497 e. The maximum Gasteiger partial charge on any atom is 0.273 e. The van der Waals surface area contributed by atoms with E-state index in [2.05, 4.69) is 10.2 Å². The third kappa shape index (κ3) is 3.23. The van der Waals surface area contributed by atoms with E-state index in [-0.39, 0.29) is 11.8 Å². The summed E-state index contributed by atoms with van der Waals surface area (Å²) >= 11 is 0. The summed E-state index contributed by atoms with van der Waals surface area (Å²) in [5.41, 5.74) is -0.398. The number of amides is 1. The van der Waals surface area contributed by atoms with Gasteiger partial charge < -0.3 is 10.1 Å². The fourth-order valence-corrected chi connectivity index (χ4v) is 2.23. The molecule has 0 bridgehead atoms. The molecule has 0 atom stereocenters. The third-order valence-corrected chi connectivity index (χ3v) is 3.54. The van der Waals surface area contributed by atoms with Gasteiger partial charge >= 0.3 is 0 Å². The Labute approximate surface area is 144 Å². The molecule has 0 unspecified atom stereocenters. The Morgan fingerprint density at radius 3 is 2.42 bits per heavy atom. The summed E-state index contributed by atoms with van der Waals surface area (Å²) in [5.74, 6) is -7.11. The molecule has 0 aliphatic rings. The van der Waals surface area contributed by atoms with Crippen LogP contribution in [0.15, 0.2) is 36.4 Å². The largest absolute Gasteiger partial charge is 0.497 e. The first-order chi connectivity index (χ1) is 12.4. The molecule has 5 nitrogen and oxygen atoms in total. The number of rotatable bonds is 4. The van der Waals surface area contributed by atoms with Gasteiger partial charge in [0.25, 0.3) is 5.91 Å². The molecule has 1 amide bonds. The lowest BCUT2D eigenvalue weighted by Crippen LogP contribution is -2.16. The van der Waals surface area contributed by atoms with Crippen LogP contribution >= 0.6 is 0 Å². The van der Waals surface area contributed by atoms with Crippen LogP contribution in [0, 0.1) is 23.3 Å². The average molecular weight is 365 g/mol. The number of nitrogens with one attached hydrogen (secondary N) is 2. The second-order valence-electron chi connectivity index (χ2n) is 5.20. The molecule has 0 fully saturated rings. The van der Waals surface area contributed by atoms with Crippen LogP contribution in [0.2, 0.25) is 0 Å². The highest BCUT2D eigenvalue weighted by Crippen LogP contribution is 2.26. The molecule has 0 saturated heterocycles. The Bertz CT molecular complexity index is 962. The number of nitrogens with zero attached hydrogens (tertiary/aromatic N) is 1. The number of ether oxygens (including phenoxy) is 1. The molecule has 0 spiro atoms. The van der Waals surface area contributed by atoms with E-state index in [0.717, 1.165) is 0 Å². The lowest BCUT2D eigenvalue weighted by molar-refractivity contribution is 0.102. The van der Waals surface area contributed by atoms with Crippen molar-refractivity contribution in [2.75, 3.05) is 12.4 Å². The summed E-state index contributed by atoms with van der Waals surface area (Å²) in [7, 11) is 1.49. The van der Waals surface area contributed by atoms with Gasteiger partial charge in [0.15, 0.2) is 23.3 Å². The number of aromatic nitrogens is 2. The van der Waals surface area contributed by atoms with E-state index >= 15 is 0 Å². The van der Waals surface area contributed by atoms with E-state index in [1.165, 1.54) is 13.2 Å². The number of benzene rings is 2. The summed E-state index contributed by atoms with van der Waals surface area (Å²) in [6, 6.07) is 8.17. The van der Waals surface area contributed by atoms with E-state index in [0.29, 0.717) is 17.0 Å². The number of carbonyl (C=O) groups excluding carboxylic acids is 1. The van der Waals surface area contributed by atoms with Gasteiger partial charge in [0.2, 0.25) is 0 Å². The fraction of sp³-hybridized carbons (Fsp3) is 0.0588. The second-order valence-corrected chi connectivity index (χ2v) is 5.20. The molecule has 0 saturated carbocycles. The molecule has 134 valence electrons. The summed E-state index contributed by atoms with van der Waals surface area (Å²) in [4.78, 5) is 12.1. The van der Waals surface area contributed by atoms with Crippen molar-refractivity contribution in [2.24, 2.45) is 0 Å². The summed E-state index contributed by atoms with van der Waals surface area (Å²) in [5, 5.41) is 8.12. The van der Waals surface area contributed by atoms with Gasteiger partial charge in [0, 0.05) is 11.6 Å². The predicted molar refractivity (Wildman–Crippen MR) is 84.8 cm³/mol. The number of H-pyrrole nitrogens is 1. The second kappa shape index (κ2) is 6.87. The average Bonchev–Trinajstić information content (AvgIpc) is 3.14. The van der Waals surface area contributed by atoms with Crippen LogP contribution in [0.25, 0.3) is 11.3 Å². The molecule has 1 aromatic heterocycles. The number of halogens is 4. The van der Waals surface area contributed by atoms with Crippen LogP contribution in [0.5, 0.6) is 5.75 Å². The van der Waals surface area contributed by atoms with Crippen molar-refractivity contribution >= 4 is 11.6 Å². The van der Waals surface area contributed by atoms with Gasteiger partial charge in [-0.15, -0.1) is 0 Å². The third-order valence-electron chi connectivity index (χ3n) is 3.54. The lowest BCUT2D eigenvalue weighted by atomic mass is 10.1. The standard InChI is InChI=1S/C17H11F4N3O2/c1-26-9-4-2-3-8(5-9)12-7-13(24-23-12)17(25)22-16-14(20)10(18)6-11(19)15(16)21/h2-7H,1H3,(H,22,25)(H,23,24). The molecule has 0 aliphatic carbocycles. The monoisotopic (exact) mass is 365 g/mol. The van der Waals surface area contributed by atoms with Gasteiger partial charge in [-0.25, -0.2) is 17.6 Å². The van der Waals surface area contributed by atoms with Gasteiger partial charge in [-0.3, -0.25) is 9.89 Å². The van der Waals surface area contributed by atoms with Crippen molar-refractivity contribution in [3.63, 3.8) is 0 Å². The van der Waals surface area contributed by atoms with Gasteiger partial charge in [0.1, 0.15) is 17.1 Å². The van der Waals surface area contributed by atoms with Crippen molar-refractivity contribution in [1.29, 1.82) is 0 Å². The zero-order chi connectivity index (χ0) is 18.8. The van der Waals surface area contributed by atoms with Crippen molar-refractivity contribution in [2.45, 2.75) is 0 Å². The maximum absolute atomic E-state index is 13.6. The van der Waals surface area contributed by atoms with E-state index in [4.69, 9.17) is 4.74 Å². The number of hydrogen-bond donors (Lipinski definition) is 2. The Morgan fingerprint density at radius 1 is 1.08 bits per heavy atom. The molecule has 2 N–H and O–H groups in total. The van der Waals surface area contributed by atoms with E-state index in [9.17, 15) is 22.4 Å². The van der Waals surface area contributed by atoms with Gasteiger partial charge in [-0.1, -0.05) is 12.1 Å². The first-order valence-electron chi connectivity index (χ1n) is 7.25. The van der Waals surface area contributed by atoms with Crippen molar-refractivity contribution in [3.8, 4) is 17.0 Å². The molecule has 0 aliphatic heterocycles. The van der Waals surface area contributed by atoms with Gasteiger partial charge in [-0.05, 0) is 18.2 Å². The molecule has 2 aromatic carbocycles. The first kappa shape index (κ1) is 17.5. The van der Waals surface area contributed by atoms with E-state index in [1.54, 1.807) is 29.6 Å². The number of methoxy groups -OCH3 is 1. The van der Waals surface area contributed by atoms with E-state index < -0.39 is 34.9 Å². The van der Waals surface area contributed by atoms with Crippen LogP contribution < -0.4 is 10.1 Å². The van der Waals surface area contributed by atoms with Gasteiger partial charge in [-0.2, -0.15) is 5.10 Å². The highest BCUT2D eigenvalue weighted by molar-refractivity contribution is 6.03. The van der Waals surface area contributed by atoms with Crippen LogP contribution in [0.3, 0.4) is 0 Å². The number of aromatic amines is 1. The maximum atomic E-state index is 13.6. The van der Waals surface area contributed by atoms with Crippen molar-refractivity contribution in [3.05, 3.63) is 65.4 Å². The highest BCUT2D eigenvalue weighted by Gasteiger charge is 2.22. The fourth-order valence-electron chi connectivity index (χ4n) is 2.23. The summed E-state index contributed by atoms with van der Waals surface area (Å²) < 4.78 is 58.8. The topological polar surface area (TPSA) is 67.0 Å². The van der Waals surface area contributed by atoms with Crippen LogP contribution in [0.1, 0.15) is 10.5 Å². The summed E-state index contributed by atoms with van der Waals surface area (Å²) in [6.45, 7) is 0. The predicted octanol–water partition coefficient (Wildman–Crippen LogP) is 3.89. The smallest absolute Gasteiger partial charge is 0.273 e. The molecule has 0 radical (unpaired) electrons. The Hall–Kier alpha value is -3.36. The molecule has 3 rings (SSSR count). The lowest BCUT2D eigenvalue weighted by Gasteiger charge is -2.07. The quantitative estimate of drug-likeness (QED) is 0.544. The molecule has 9 heteroatoms. The Kier molecular flexibility index (Phi) is 4.61. The normalized spacial score (nSPS) is 10.7. The van der Waals surface area contributed by atoms with Crippen molar-refractivity contribution < 1.29 is 27.1 Å². The molecule has 1 heterocycles. The Morgan fingerprint density at radius 2 is 1.77 bits per heavy atom. The minimum absolute atomic E-state index is 0.0530. The Balaban J connectivity index is 1.88. The van der Waals surface area contributed by atoms with E-state index in [1.807, 2.05) is 0 Å². The van der Waals surface area contributed by atoms with Crippen LogP contribution in [-0.2, 0) is 0 Å². The van der Waals surface area contributed by atoms with Gasteiger partial charge in [0.05, 0.1) is 12.8 Å². The molecular weight excluding hydrogens is 354 g/mol. The zero-order valence-corrected chi connectivity index (χ0v) is 13.2. The highest BCUT2D eigenvalue weighted by atomic mass is 19.2. The first-order valence-corrected chi connectivity index (χ1v) is 7.25. The molecular formula is C17H11F4N3O2. The molecule has 26 heavy (non-hydrogen) atoms. The molecule has 3 aromatic rings.